The van der Waals surface area contributed by atoms with Crippen LogP contribution in [0.4, 0.5) is 0 Å². The molecule has 0 saturated carbocycles. The lowest BCUT2D eigenvalue weighted by atomic mass is 10.1. The van der Waals surface area contributed by atoms with Gasteiger partial charge in [0.15, 0.2) is 0 Å². The molecule has 2 rings (SSSR count). The molecule has 1 atom stereocenters. The first-order chi connectivity index (χ1) is 7.66. The number of morpholine rings is 1. The summed E-state index contributed by atoms with van der Waals surface area (Å²) in [6.07, 6.45) is 0.674. The predicted octanol–water partition coefficient (Wildman–Crippen LogP) is 0.575. The van der Waals surface area contributed by atoms with Crippen LogP contribution in [0.2, 0.25) is 0 Å². The monoisotopic (exact) mass is 226 g/mol. The van der Waals surface area contributed by atoms with Crippen molar-refractivity contribution in [3.8, 4) is 0 Å². The van der Waals surface area contributed by atoms with Crippen molar-refractivity contribution in [2.24, 2.45) is 5.92 Å². The normalized spacial score (nSPS) is 26.9. The predicted molar refractivity (Wildman–Crippen MR) is 62.2 cm³/mol. The highest BCUT2D eigenvalue weighted by Gasteiger charge is 2.31. The molecule has 0 aliphatic carbocycles. The molecule has 0 N–H and O–H groups in total. The molecular formula is C12H22N2O2. The molecule has 0 spiro atoms. The Labute approximate surface area is 97.5 Å². The van der Waals surface area contributed by atoms with Crippen molar-refractivity contribution in [2.45, 2.75) is 26.3 Å². The Balaban J connectivity index is 1.87. The van der Waals surface area contributed by atoms with Gasteiger partial charge >= 0.3 is 0 Å². The standard InChI is InChI=1S/C12H22N2O2/c1-10(2)7-12(15)14-4-3-13-5-6-16-9-11(13)8-14/h10-11H,3-9H2,1-2H3/t11-/m0/s1. The van der Waals surface area contributed by atoms with Crippen LogP contribution in [0.1, 0.15) is 20.3 Å². The van der Waals surface area contributed by atoms with Crippen molar-refractivity contribution in [3.05, 3.63) is 0 Å². The summed E-state index contributed by atoms with van der Waals surface area (Å²) in [5.41, 5.74) is 0. The molecule has 1 amide bonds. The van der Waals surface area contributed by atoms with Crippen LogP contribution in [0, 0.1) is 5.92 Å². The van der Waals surface area contributed by atoms with E-state index >= 15 is 0 Å². The summed E-state index contributed by atoms with van der Waals surface area (Å²) in [6, 6.07) is 0.429. The molecule has 4 heteroatoms. The molecule has 2 heterocycles. The van der Waals surface area contributed by atoms with Gasteiger partial charge in [-0.3, -0.25) is 9.69 Å². The van der Waals surface area contributed by atoms with Crippen LogP contribution in [-0.4, -0.2) is 61.1 Å². The number of carbonyl (C=O) groups excluding carboxylic acids is 1. The van der Waals surface area contributed by atoms with Crippen LogP contribution < -0.4 is 0 Å². The average Bonchev–Trinajstić information content (AvgIpc) is 2.27. The zero-order chi connectivity index (χ0) is 11.5. The van der Waals surface area contributed by atoms with Gasteiger partial charge in [-0.2, -0.15) is 0 Å². The van der Waals surface area contributed by atoms with Crippen molar-refractivity contribution in [2.75, 3.05) is 39.4 Å². The van der Waals surface area contributed by atoms with E-state index in [2.05, 4.69) is 18.7 Å². The molecule has 0 aromatic rings. The maximum Gasteiger partial charge on any atom is 0.222 e. The summed E-state index contributed by atoms with van der Waals surface area (Å²) in [7, 11) is 0. The quantitative estimate of drug-likeness (QED) is 0.690. The third-order valence-electron chi connectivity index (χ3n) is 3.37. The zero-order valence-electron chi connectivity index (χ0n) is 10.3. The first-order valence-electron chi connectivity index (χ1n) is 6.26. The molecule has 0 aromatic carbocycles. The number of nitrogens with zero attached hydrogens (tertiary/aromatic N) is 2. The van der Waals surface area contributed by atoms with Crippen molar-refractivity contribution in [1.29, 1.82) is 0 Å². The van der Waals surface area contributed by atoms with Gasteiger partial charge in [0.05, 0.1) is 19.3 Å². The lowest BCUT2D eigenvalue weighted by molar-refractivity contribution is -0.137. The second kappa shape index (κ2) is 5.15. The van der Waals surface area contributed by atoms with Crippen molar-refractivity contribution in [1.82, 2.24) is 9.80 Å². The van der Waals surface area contributed by atoms with Gasteiger partial charge in [0.25, 0.3) is 0 Å². The molecule has 2 aliphatic heterocycles. The van der Waals surface area contributed by atoms with Crippen molar-refractivity contribution >= 4 is 5.91 Å². The largest absolute Gasteiger partial charge is 0.378 e. The van der Waals surface area contributed by atoms with E-state index in [1.807, 2.05) is 4.90 Å². The number of piperazine rings is 1. The van der Waals surface area contributed by atoms with Crippen LogP contribution in [0.25, 0.3) is 0 Å². The van der Waals surface area contributed by atoms with E-state index in [1.165, 1.54) is 0 Å². The highest BCUT2D eigenvalue weighted by Crippen LogP contribution is 2.15. The molecule has 2 saturated heterocycles. The van der Waals surface area contributed by atoms with E-state index in [4.69, 9.17) is 4.74 Å². The number of ether oxygens (including phenoxy) is 1. The van der Waals surface area contributed by atoms with Crippen LogP contribution in [-0.2, 0) is 9.53 Å². The maximum absolute atomic E-state index is 11.9. The fourth-order valence-corrected chi connectivity index (χ4v) is 2.45. The molecule has 2 aliphatic rings. The van der Waals surface area contributed by atoms with Gasteiger partial charge < -0.3 is 9.64 Å². The highest BCUT2D eigenvalue weighted by molar-refractivity contribution is 5.76. The topological polar surface area (TPSA) is 32.8 Å². The van der Waals surface area contributed by atoms with Gasteiger partial charge in [0.1, 0.15) is 0 Å². The summed E-state index contributed by atoms with van der Waals surface area (Å²) in [5.74, 6) is 0.758. The second-order valence-electron chi connectivity index (χ2n) is 5.20. The van der Waals surface area contributed by atoms with Crippen LogP contribution >= 0.6 is 0 Å². The highest BCUT2D eigenvalue weighted by atomic mass is 16.5. The van der Waals surface area contributed by atoms with Gasteiger partial charge in [-0.15, -0.1) is 0 Å². The number of fused-ring (bicyclic) bond motifs is 1. The fourth-order valence-electron chi connectivity index (χ4n) is 2.45. The maximum atomic E-state index is 11.9. The summed E-state index contributed by atoms with van der Waals surface area (Å²) in [5, 5.41) is 0. The van der Waals surface area contributed by atoms with Crippen LogP contribution in [0.3, 0.4) is 0 Å². The lowest BCUT2D eigenvalue weighted by Crippen LogP contribution is -2.59. The third-order valence-corrected chi connectivity index (χ3v) is 3.37. The van der Waals surface area contributed by atoms with E-state index in [-0.39, 0.29) is 0 Å². The molecule has 0 unspecified atom stereocenters. The Bertz CT molecular complexity index is 255. The molecule has 16 heavy (non-hydrogen) atoms. The Morgan fingerprint density at radius 1 is 1.38 bits per heavy atom. The lowest BCUT2D eigenvalue weighted by Gasteiger charge is -2.43. The molecule has 0 bridgehead atoms. The van der Waals surface area contributed by atoms with E-state index in [1.54, 1.807) is 0 Å². The molecular weight excluding hydrogens is 204 g/mol. The van der Waals surface area contributed by atoms with Crippen LogP contribution in [0.5, 0.6) is 0 Å². The average molecular weight is 226 g/mol. The second-order valence-corrected chi connectivity index (χ2v) is 5.20. The summed E-state index contributed by atoms with van der Waals surface area (Å²) >= 11 is 0. The van der Waals surface area contributed by atoms with Gasteiger partial charge in [-0.25, -0.2) is 0 Å². The minimum Gasteiger partial charge on any atom is -0.378 e. The molecule has 0 radical (unpaired) electrons. The van der Waals surface area contributed by atoms with Gasteiger partial charge in [0, 0.05) is 32.6 Å². The van der Waals surface area contributed by atoms with Gasteiger partial charge in [0.2, 0.25) is 5.91 Å². The number of carbonyl (C=O) groups is 1. The number of rotatable bonds is 2. The molecule has 0 aromatic heterocycles. The van der Waals surface area contributed by atoms with Gasteiger partial charge in [-0.1, -0.05) is 13.8 Å². The van der Waals surface area contributed by atoms with E-state index < -0.39 is 0 Å². The summed E-state index contributed by atoms with van der Waals surface area (Å²) in [6.45, 7) is 9.60. The molecule has 2 fully saturated rings. The number of hydrogen-bond acceptors (Lipinski definition) is 3. The Morgan fingerprint density at radius 3 is 2.94 bits per heavy atom. The SMILES string of the molecule is CC(C)CC(=O)N1CCN2CCOC[C@@H]2C1. The number of amides is 1. The van der Waals surface area contributed by atoms with E-state index in [0.29, 0.717) is 24.3 Å². The smallest absolute Gasteiger partial charge is 0.222 e. The Kier molecular flexibility index (Phi) is 3.82. The Morgan fingerprint density at radius 2 is 2.19 bits per heavy atom. The minimum absolute atomic E-state index is 0.306. The zero-order valence-corrected chi connectivity index (χ0v) is 10.3. The van der Waals surface area contributed by atoms with Crippen LogP contribution in [0.15, 0.2) is 0 Å². The molecule has 92 valence electrons. The van der Waals surface area contributed by atoms with Gasteiger partial charge in [-0.05, 0) is 5.92 Å². The summed E-state index contributed by atoms with van der Waals surface area (Å²) < 4.78 is 5.47. The number of hydrogen-bond donors (Lipinski definition) is 0. The van der Waals surface area contributed by atoms with Crippen molar-refractivity contribution in [3.63, 3.8) is 0 Å². The van der Waals surface area contributed by atoms with E-state index in [0.717, 1.165) is 39.4 Å². The van der Waals surface area contributed by atoms with E-state index in [9.17, 15) is 4.79 Å². The fraction of sp³-hybridized carbons (Fsp3) is 0.917. The van der Waals surface area contributed by atoms with Crippen molar-refractivity contribution < 1.29 is 9.53 Å². The Hall–Kier alpha value is -0.610. The third kappa shape index (κ3) is 2.74. The molecule has 4 nitrogen and oxygen atoms in total. The minimum atomic E-state index is 0.306. The first-order valence-corrected chi connectivity index (χ1v) is 6.26. The first kappa shape index (κ1) is 11.9. The summed E-state index contributed by atoms with van der Waals surface area (Å²) in [4.78, 5) is 16.4.